The van der Waals surface area contributed by atoms with Gasteiger partial charge in [0.25, 0.3) is 0 Å². The molecule has 0 aliphatic heterocycles. The van der Waals surface area contributed by atoms with Gasteiger partial charge in [-0.05, 0) is 115 Å². The lowest BCUT2D eigenvalue weighted by Gasteiger charge is -2.22. The van der Waals surface area contributed by atoms with Crippen molar-refractivity contribution in [1.29, 1.82) is 0 Å². The van der Waals surface area contributed by atoms with Crippen LogP contribution in [-0.2, 0) is 5.41 Å². The van der Waals surface area contributed by atoms with Crippen molar-refractivity contribution < 1.29 is 9.47 Å². The fraction of sp³-hybridized carbons (Fsp3) is 0.0588. The van der Waals surface area contributed by atoms with Crippen molar-refractivity contribution in [3.8, 4) is 78.6 Å². The van der Waals surface area contributed by atoms with Crippen LogP contribution in [0.15, 0.2) is 194 Å². The first-order valence-corrected chi connectivity index (χ1v) is 18.1. The summed E-state index contributed by atoms with van der Waals surface area (Å²) in [6.45, 7) is 4.56. The van der Waals surface area contributed by atoms with E-state index in [2.05, 4.69) is 184 Å². The van der Waals surface area contributed by atoms with Crippen LogP contribution in [0.2, 0.25) is 0 Å². The molecule has 0 heterocycles. The van der Waals surface area contributed by atoms with Crippen LogP contribution in [0.4, 0.5) is 0 Å². The molecule has 2 heteroatoms. The second kappa shape index (κ2) is 13.5. The monoisotopic (exact) mass is 682 g/mol. The molecule has 0 saturated heterocycles. The molecule has 53 heavy (non-hydrogen) atoms. The summed E-state index contributed by atoms with van der Waals surface area (Å²) in [6, 6.07) is 67.9. The normalized spacial score (nSPS) is 12.5. The molecule has 0 fully saturated rings. The van der Waals surface area contributed by atoms with Gasteiger partial charge in [-0.2, -0.15) is 0 Å². The molecule has 254 valence electrons. The quantitative estimate of drug-likeness (QED) is 0.159. The fourth-order valence-corrected chi connectivity index (χ4v) is 7.54. The molecular formula is C51H38O2. The Morgan fingerprint density at radius 3 is 1.00 bits per heavy atom. The summed E-state index contributed by atoms with van der Waals surface area (Å²) in [5.41, 5.74) is 14.1. The van der Waals surface area contributed by atoms with Gasteiger partial charge in [-0.25, -0.2) is 0 Å². The van der Waals surface area contributed by atoms with Crippen LogP contribution in [0, 0.1) is 0 Å². The van der Waals surface area contributed by atoms with Gasteiger partial charge in [0, 0.05) is 5.41 Å². The molecule has 9 rings (SSSR count). The highest BCUT2D eigenvalue weighted by atomic mass is 16.5. The third-order valence-corrected chi connectivity index (χ3v) is 10.4. The number of benzene rings is 8. The molecule has 0 atom stereocenters. The third-order valence-electron chi connectivity index (χ3n) is 10.4. The zero-order chi connectivity index (χ0) is 35.8. The second-order valence-corrected chi connectivity index (χ2v) is 14.2. The molecule has 8 aromatic carbocycles. The summed E-state index contributed by atoms with van der Waals surface area (Å²) in [4.78, 5) is 0. The highest BCUT2D eigenvalue weighted by Crippen LogP contribution is 2.51. The maximum Gasteiger partial charge on any atom is 0.128 e. The first-order valence-electron chi connectivity index (χ1n) is 18.1. The number of hydrogen-bond acceptors (Lipinski definition) is 2. The van der Waals surface area contributed by atoms with Crippen molar-refractivity contribution in [2.24, 2.45) is 0 Å². The minimum atomic E-state index is -0.228. The fourth-order valence-electron chi connectivity index (χ4n) is 7.54. The lowest BCUT2D eigenvalue weighted by Crippen LogP contribution is -2.15. The summed E-state index contributed by atoms with van der Waals surface area (Å²) < 4.78 is 13.0. The number of ether oxygens (including phenoxy) is 2. The Hall–Kier alpha value is -6.64. The Bertz CT molecular complexity index is 2370. The maximum atomic E-state index is 6.51. The van der Waals surface area contributed by atoms with Crippen molar-refractivity contribution in [3.63, 3.8) is 0 Å². The average molecular weight is 683 g/mol. The van der Waals surface area contributed by atoms with Crippen LogP contribution in [0.5, 0.6) is 23.0 Å². The third kappa shape index (κ3) is 6.41. The Balaban J connectivity index is 0.918. The van der Waals surface area contributed by atoms with Gasteiger partial charge in [-0.15, -0.1) is 0 Å². The van der Waals surface area contributed by atoms with E-state index in [4.69, 9.17) is 9.47 Å². The van der Waals surface area contributed by atoms with E-state index in [0.29, 0.717) is 0 Å². The lowest BCUT2D eigenvalue weighted by molar-refractivity contribution is 0.479. The minimum Gasteiger partial charge on any atom is -0.457 e. The van der Waals surface area contributed by atoms with Gasteiger partial charge in [0.1, 0.15) is 23.0 Å². The van der Waals surface area contributed by atoms with Gasteiger partial charge in [0.15, 0.2) is 0 Å². The van der Waals surface area contributed by atoms with Crippen molar-refractivity contribution in [3.05, 3.63) is 205 Å². The SMILES string of the molecule is CC1(C)c2cc(Oc3cccc(-c4ccc(-c5ccccc5)cc4)c3)ccc2-c2ccc(Oc3cccc(-c4ccc(-c5ccccc5)cc4)c3)cc21. The second-order valence-electron chi connectivity index (χ2n) is 14.2. The van der Waals surface area contributed by atoms with Gasteiger partial charge < -0.3 is 9.47 Å². The molecule has 0 unspecified atom stereocenters. The molecule has 0 bridgehead atoms. The van der Waals surface area contributed by atoms with E-state index in [1.807, 2.05) is 24.3 Å². The predicted molar refractivity (Wildman–Crippen MR) is 219 cm³/mol. The van der Waals surface area contributed by atoms with E-state index >= 15 is 0 Å². The van der Waals surface area contributed by atoms with Crippen LogP contribution in [0.1, 0.15) is 25.0 Å². The predicted octanol–water partition coefficient (Wildman–Crippen LogP) is 14.2. The van der Waals surface area contributed by atoms with Gasteiger partial charge in [0.05, 0.1) is 0 Å². The number of fused-ring (bicyclic) bond motifs is 3. The standard InChI is InChI=1S/C51H38O2/c1-51(2)49-33-45(52-43-17-9-15-41(31-43)39-23-19-37(20-24-39)35-11-5-3-6-12-35)27-29-47(49)48-30-28-46(34-50(48)51)53-44-18-10-16-42(32-44)40-25-21-38(22-26-40)36-13-7-4-8-14-36/h3-34H,1-2H3. The van der Waals surface area contributed by atoms with E-state index in [0.717, 1.165) is 45.3 Å². The molecule has 8 aromatic rings. The molecule has 0 saturated carbocycles. The Morgan fingerprint density at radius 2 is 0.604 bits per heavy atom. The minimum absolute atomic E-state index is 0.228. The lowest BCUT2D eigenvalue weighted by atomic mass is 9.82. The van der Waals surface area contributed by atoms with E-state index in [1.165, 1.54) is 44.5 Å². The van der Waals surface area contributed by atoms with Gasteiger partial charge in [0.2, 0.25) is 0 Å². The van der Waals surface area contributed by atoms with Crippen LogP contribution >= 0.6 is 0 Å². The Morgan fingerprint density at radius 1 is 0.283 bits per heavy atom. The smallest absolute Gasteiger partial charge is 0.128 e. The summed E-state index contributed by atoms with van der Waals surface area (Å²) in [5, 5.41) is 0. The van der Waals surface area contributed by atoms with Crippen molar-refractivity contribution >= 4 is 0 Å². The summed E-state index contributed by atoms with van der Waals surface area (Å²) >= 11 is 0. The zero-order valence-corrected chi connectivity index (χ0v) is 29.8. The molecule has 2 nitrogen and oxygen atoms in total. The van der Waals surface area contributed by atoms with Crippen LogP contribution < -0.4 is 9.47 Å². The maximum absolute atomic E-state index is 6.51. The molecule has 1 aliphatic carbocycles. The van der Waals surface area contributed by atoms with Gasteiger partial charge in [-0.3, -0.25) is 0 Å². The van der Waals surface area contributed by atoms with E-state index in [-0.39, 0.29) is 5.41 Å². The highest BCUT2D eigenvalue weighted by molar-refractivity contribution is 5.82. The average Bonchev–Trinajstić information content (AvgIpc) is 3.43. The topological polar surface area (TPSA) is 18.5 Å². The molecule has 0 spiro atoms. The van der Waals surface area contributed by atoms with Crippen LogP contribution in [0.3, 0.4) is 0 Å². The molecular weight excluding hydrogens is 645 g/mol. The Labute approximate surface area is 311 Å². The molecule has 0 aromatic heterocycles. The number of hydrogen-bond donors (Lipinski definition) is 0. The molecule has 0 amide bonds. The Kier molecular flexibility index (Phi) is 8.21. The first kappa shape index (κ1) is 32.3. The van der Waals surface area contributed by atoms with Crippen LogP contribution in [0.25, 0.3) is 55.6 Å². The van der Waals surface area contributed by atoms with Crippen LogP contribution in [-0.4, -0.2) is 0 Å². The van der Waals surface area contributed by atoms with E-state index < -0.39 is 0 Å². The highest BCUT2D eigenvalue weighted by Gasteiger charge is 2.36. The summed E-state index contributed by atoms with van der Waals surface area (Å²) in [5.74, 6) is 3.28. The summed E-state index contributed by atoms with van der Waals surface area (Å²) in [7, 11) is 0. The largest absolute Gasteiger partial charge is 0.457 e. The summed E-state index contributed by atoms with van der Waals surface area (Å²) in [6.07, 6.45) is 0. The van der Waals surface area contributed by atoms with E-state index in [1.54, 1.807) is 0 Å². The van der Waals surface area contributed by atoms with Crippen molar-refractivity contribution in [2.75, 3.05) is 0 Å². The number of rotatable bonds is 8. The van der Waals surface area contributed by atoms with Crippen molar-refractivity contribution in [1.82, 2.24) is 0 Å². The van der Waals surface area contributed by atoms with Crippen molar-refractivity contribution in [2.45, 2.75) is 19.3 Å². The van der Waals surface area contributed by atoms with Gasteiger partial charge >= 0.3 is 0 Å². The van der Waals surface area contributed by atoms with E-state index in [9.17, 15) is 0 Å². The molecule has 0 radical (unpaired) electrons. The molecule has 0 N–H and O–H groups in total. The molecule has 1 aliphatic rings. The zero-order valence-electron chi connectivity index (χ0n) is 29.8. The first-order chi connectivity index (χ1) is 26.0. The van der Waals surface area contributed by atoms with Gasteiger partial charge in [-0.1, -0.05) is 159 Å².